The first-order valence-electron chi connectivity index (χ1n) is 13.7. The van der Waals surface area contributed by atoms with Crippen molar-refractivity contribution in [3.63, 3.8) is 0 Å². The molecule has 1 unspecified atom stereocenters. The van der Waals surface area contributed by atoms with Crippen LogP contribution in [0.15, 0.2) is 97.2 Å². The second kappa shape index (κ2) is 11.0. The van der Waals surface area contributed by atoms with E-state index in [1.165, 1.54) is 27.1 Å². The highest BCUT2D eigenvalue weighted by atomic mass is 35.5. The molecule has 198 valence electrons. The Morgan fingerprint density at radius 3 is 2.52 bits per heavy atom. The lowest BCUT2D eigenvalue weighted by Gasteiger charge is -2.25. The van der Waals surface area contributed by atoms with Gasteiger partial charge < -0.3 is 11.1 Å². The Bertz CT molecular complexity index is 1900. The predicted molar refractivity (Wildman–Crippen MR) is 167 cm³/mol. The Labute approximate surface area is 239 Å². The molecule has 0 radical (unpaired) electrons. The average Bonchev–Trinajstić information content (AvgIpc) is 3.23. The van der Waals surface area contributed by atoms with Crippen LogP contribution in [0.2, 0.25) is 5.02 Å². The van der Waals surface area contributed by atoms with Gasteiger partial charge in [0.05, 0.1) is 0 Å². The molecule has 1 aliphatic heterocycles. The van der Waals surface area contributed by atoms with Crippen LogP contribution in [0.4, 0.5) is 11.4 Å². The van der Waals surface area contributed by atoms with Gasteiger partial charge in [0, 0.05) is 33.7 Å². The first kappa shape index (κ1) is 25.9. The van der Waals surface area contributed by atoms with Crippen LogP contribution in [0.3, 0.4) is 0 Å². The topological polar surface area (TPSA) is 55.1 Å². The third-order valence-corrected chi connectivity index (χ3v) is 8.32. The number of carbonyl (C=O) groups is 1. The van der Waals surface area contributed by atoms with Crippen LogP contribution in [-0.2, 0) is 12.8 Å². The van der Waals surface area contributed by atoms with E-state index in [1.54, 1.807) is 12.1 Å². The fourth-order valence-electron chi connectivity index (χ4n) is 5.93. The van der Waals surface area contributed by atoms with E-state index in [0.717, 1.165) is 46.0 Å². The molecule has 1 atom stereocenters. The zero-order chi connectivity index (χ0) is 27.6. The summed E-state index contributed by atoms with van der Waals surface area (Å²) in [5, 5.41) is 8.65. The smallest absolute Gasteiger partial charge is 0.189 e. The Balaban J connectivity index is 0.000000219. The van der Waals surface area contributed by atoms with Crippen molar-refractivity contribution in [2.75, 3.05) is 11.1 Å². The lowest BCUT2D eigenvalue weighted by atomic mass is 9.79. The standard InChI is InChI=1S/C26H22ClNO.C10H9N/c1-15-5-10-21-20-11-13-22-18(3-2-4-24(22)27)19(20)12-14-23(21)25(15)26(29)16-6-8-17(28)9-7-16;1-2-7-10-9(5-1)6-3-4-8-11-10/h2-4,6-9,12-15H,5,10-11,28H2,1H3;1-8,11H. The lowest BCUT2D eigenvalue weighted by molar-refractivity contribution is 0.104. The maximum atomic E-state index is 13.4. The molecule has 0 spiro atoms. The molecule has 1 heterocycles. The first-order valence-corrected chi connectivity index (χ1v) is 14.1. The highest BCUT2D eigenvalue weighted by Gasteiger charge is 2.26. The number of ketones is 1. The van der Waals surface area contributed by atoms with Gasteiger partial charge in [0.1, 0.15) is 0 Å². The van der Waals surface area contributed by atoms with Crippen molar-refractivity contribution in [2.24, 2.45) is 5.92 Å². The number of nitrogen functional groups attached to an aromatic ring is 1. The molecule has 4 aromatic rings. The largest absolute Gasteiger partial charge is 0.399 e. The van der Waals surface area contributed by atoms with Crippen molar-refractivity contribution in [3.8, 4) is 0 Å². The number of hydrogen-bond acceptors (Lipinski definition) is 3. The molecule has 4 aromatic carbocycles. The highest BCUT2D eigenvalue weighted by Crippen LogP contribution is 2.28. The molecule has 0 saturated carbocycles. The number of nitrogens with two attached hydrogens (primary N) is 1. The average molecular weight is 543 g/mol. The van der Waals surface area contributed by atoms with E-state index in [9.17, 15) is 4.79 Å². The summed E-state index contributed by atoms with van der Waals surface area (Å²) in [7, 11) is 0. The van der Waals surface area contributed by atoms with E-state index < -0.39 is 0 Å². The minimum absolute atomic E-state index is 0.113. The number of hydrogen-bond donors (Lipinski definition) is 2. The van der Waals surface area contributed by atoms with Crippen molar-refractivity contribution in [1.82, 2.24) is 0 Å². The predicted octanol–water partition coefficient (Wildman–Crippen LogP) is 6.80. The van der Waals surface area contributed by atoms with Crippen molar-refractivity contribution >= 4 is 46.5 Å². The monoisotopic (exact) mass is 542 g/mol. The fraction of sp³-hybridized carbons (Fsp3) is 0.139. The number of para-hydroxylation sites is 1. The zero-order valence-electron chi connectivity index (χ0n) is 22.5. The molecule has 0 fully saturated rings. The van der Waals surface area contributed by atoms with Crippen LogP contribution in [0.25, 0.3) is 17.7 Å². The summed E-state index contributed by atoms with van der Waals surface area (Å²) in [4.78, 5) is 13.4. The summed E-state index contributed by atoms with van der Waals surface area (Å²) in [6.07, 6.45) is 13.1. The molecule has 0 bridgehead atoms. The molecular weight excluding hydrogens is 512 g/mol. The molecule has 3 N–H and O–H groups in total. The van der Waals surface area contributed by atoms with Crippen LogP contribution in [0, 0.1) is 16.4 Å². The molecule has 0 amide bonds. The van der Waals surface area contributed by atoms with Crippen LogP contribution < -0.4 is 21.5 Å². The van der Waals surface area contributed by atoms with Gasteiger partial charge in [-0.25, -0.2) is 0 Å². The number of allylic oxidation sites excluding steroid dienone is 2. The summed E-state index contributed by atoms with van der Waals surface area (Å²) in [6.45, 7) is 2.16. The Kier molecular flexibility index (Phi) is 7.15. The van der Waals surface area contributed by atoms with E-state index in [2.05, 4.69) is 54.7 Å². The third kappa shape index (κ3) is 4.89. The van der Waals surface area contributed by atoms with Crippen molar-refractivity contribution in [2.45, 2.75) is 26.2 Å². The molecule has 3 nitrogen and oxygen atoms in total. The summed E-state index contributed by atoms with van der Waals surface area (Å²) < 4.78 is 0. The van der Waals surface area contributed by atoms with Crippen molar-refractivity contribution < 1.29 is 4.79 Å². The third-order valence-electron chi connectivity index (χ3n) is 8.00. The van der Waals surface area contributed by atoms with Gasteiger partial charge in [-0.3, -0.25) is 4.79 Å². The SMILES string of the molecule is C1=CNc2ccccc2C=C1.CC1CCc2c3c(ccc2=C1C(=O)c1ccc(N)cc1)=c1cccc(Cl)c1=CC3. The van der Waals surface area contributed by atoms with Gasteiger partial charge in [0.15, 0.2) is 5.78 Å². The number of Topliss-reactive ketones (excluding diaryl/α,β-unsaturated/α-hetero) is 1. The van der Waals surface area contributed by atoms with Crippen LogP contribution in [-0.4, -0.2) is 5.78 Å². The van der Waals surface area contributed by atoms with Gasteiger partial charge in [-0.15, -0.1) is 0 Å². The fourth-order valence-corrected chi connectivity index (χ4v) is 6.18. The van der Waals surface area contributed by atoms with Gasteiger partial charge in [-0.1, -0.05) is 79.2 Å². The lowest BCUT2D eigenvalue weighted by Crippen LogP contribution is -2.29. The number of rotatable bonds is 2. The first-order chi connectivity index (χ1) is 19.5. The summed E-state index contributed by atoms with van der Waals surface area (Å²) >= 11 is 6.43. The normalized spacial score (nSPS) is 16.1. The van der Waals surface area contributed by atoms with E-state index in [0.29, 0.717) is 11.3 Å². The van der Waals surface area contributed by atoms with E-state index in [1.807, 2.05) is 54.8 Å². The summed E-state index contributed by atoms with van der Waals surface area (Å²) in [6, 6.07) is 25.9. The Morgan fingerprint density at radius 2 is 1.68 bits per heavy atom. The molecule has 7 rings (SSSR count). The number of benzene rings is 4. The zero-order valence-corrected chi connectivity index (χ0v) is 23.2. The molecule has 3 aliphatic rings. The molecular formula is C36H31ClN2O. The summed E-state index contributed by atoms with van der Waals surface area (Å²) in [5.41, 5.74) is 13.2. The number of carbonyl (C=O) groups excluding carboxylic acids is 1. The van der Waals surface area contributed by atoms with Gasteiger partial charge in [0.25, 0.3) is 0 Å². The molecule has 40 heavy (non-hydrogen) atoms. The second-order valence-electron chi connectivity index (χ2n) is 10.5. The van der Waals surface area contributed by atoms with Crippen LogP contribution in [0.5, 0.6) is 0 Å². The molecule has 0 aromatic heterocycles. The number of fused-ring (bicyclic) bond motifs is 5. The highest BCUT2D eigenvalue weighted by molar-refractivity contribution is 6.30. The second-order valence-corrected chi connectivity index (χ2v) is 10.9. The van der Waals surface area contributed by atoms with E-state index in [4.69, 9.17) is 17.3 Å². The minimum atomic E-state index is 0.113. The maximum absolute atomic E-state index is 13.4. The summed E-state index contributed by atoms with van der Waals surface area (Å²) in [5.74, 6) is 0.349. The minimum Gasteiger partial charge on any atom is -0.399 e. The van der Waals surface area contributed by atoms with Gasteiger partial charge in [-0.05, 0) is 105 Å². The van der Waals surface area contributed by atoms with Gasteiger partial charge >= 0.3 is 0 Å². The van der Waals surface area contributed by atoms with E-state index >= 15 is 0 Å². The number of nitrogens with one attached hydrogen (secondary N) is 1. The maximum Gasteiger partial charge on any atom is 0.189 e. The Hall–Kier alpha value is -4.34. The number of halogens is 1. The van der Waals surface area contributed by atoms with Crippen molar-refractivity contribution in [3.05, 3.63) is 145 Å². The Morgan fingerprint density at radius 1 is 0.875 bits per heavy atom. The van der Waals surface area contributed by atoms with Crippen LogP contribution in [0.1, 0.15) is 40.4 Å². The number of anilines is 2. The molecule has 0 saturated heterocycles. The quantitative estimate of drug-likeness (QED) is 0.216. The van der Waals surface area contributed by atoms with Gasteiger partial charge in [-0.2, -0.15) is 0 Å². The molecule has 2 aliphatic carbocycles. The van der Waals surface area contributed by atoms with Gasteiger partial charge in [0.2, 0.25) is 0 Å². The van der Waals surface area contributed by atoms with Crippen LogP contribution >= 0.6 is 11.6 Å². The van der Waals surface area contributed by atoms with E-state index in [-0.39, 0.29) is 11.7 Å². The molecule has 4 heteroatoms. The van der Waals surface area contributed by atoms with Crippen molar-refractivity contribution in [1.29, 1.82) is 0 Å².